The average Bonchev–Trinajstić information content (AvgIpc) is 2.34. The van der Waals surface area contributed by atoms with Gasteiger partial charge in [-0.15, -0.1) is 0 Å². The van der Waals surface area contributed by atoms with E-state index in [9.17, 15) is 4.79 Å². The molecular formula is C10H20N4O2. The molecule has 6 nitrogen and oxygen atoms in total. The minimum atomic E-state index is -0.157. The van der Waals surface area contributed by atoms with Crippen LogP contribution in [0, 0.1) is 0 Å². The predicted molar refractivity (Wildman–Crippen MR) is 62.8 cm³/mol. The fraction of sp³-hybridized carbons (Fsp3) is 0.800. The second kappa shape index (κ2) is 7.19. The monoisotopic (exact) mass is 228 g/mol. The van der Waals surface area contributed by atoms with Gasteiger partial charge in [0.05, 0.1) is 26.1 Å². The molecule has 1 saturated heterocycles. The Morgan fingerprint density at radius 2 is 2.25 bits per heavy atom. The van der Waals surface area contributed by atoms with Crippen molar-refractivity contribution >= 4 is 12.4 Å². The summed E-state index contributed by atoms with van der Waals surface area (Å²) in [5, 5.41) is 2.52. The van der Waals surface area contributed by atoms with Crippen molar-refractivity contribution in [1.29, 1.82) is 0 Å². The lowest BCUT2D eigenvalue weighted by Crippen LogP contribution is -2.38. The molecule has 1 rings (SSSR count). The molecule has 0 radical (unpaired) electrons. The third-order valence-corrected chi connectivity index (χ3v) is 2.44. The number of rotatable bonds is 4. The van der Waals surface area contributed by atoms with Crippen molar-refractivity contribution in [2.75, 3.05) is 53.5 Å². The summed E-state index contributed by atoms with van der Waals surface area (Å²) < 4.78 is 5.25. The predicted octanol–water partition coefficient (Wildman–Crippen LogP) is -0.382. The minimum absolute atomic E-state index is 0.157. The molecule has 1 heterocycles. The summed E-state index contributed by atoms with van der Waals surface area (Å²) >= 11 is 0. The van der Waals surface area contributed by atoms with Crippen molar-refractivity contribution in [3.05, 3.63) is 0 Å². The van der Waals surface area contributed by atoms with Crippen molar-refractivity contribution in [3.8, 4) is 0 Å². The highest BCUT2D eigenvalue weighted by Crippen LogP contribution is 1.95. The summed E-state index contributed by atoms with van der Waals surface area (Å²) in [5.41, 5.74) is 0. The van der Waals surface area contributed by atoms with Crippen molar-refractivity contribution in [1.82, 2.24) is 15.1 Å². The quantitative estimate of drug-likeness (QED) is 0.527. The summed E-state index contributed by atoms with van der Waals surface area (Å²) in [6.45, 7) is 5.19. The molecule has 1 aliphatic rings. The number of ether oxygens (including phenoxy) is 1. The zero-order valence-corrected chi connectivity index (χ0v) is 9.98. The second-order valence-corrected chi connectivity index (χ2v) is 3.64. The molecule has 92 valence electrons. The fourth-order valence-corrected chi connectivity index (χ4v) is 1.43. The van der Waals surface area contributed by atoms with Crippen LogP contribution in [0.5, 0.6) is 0 Å². The van der Waals surface area contributed by atoms with E-state index in [1.54, 1.807) is 20.4 Å². The Hall–Kier alpha value is -1.14. The van der Waals surface area contributed by atoms with Gasteiger partial charge >= 0.3 is 6.03 Å². The highest BCUT2D eigenvalue weighted by molar-refractivity contribution is 5.85. The first-order chi connectivity index (χ1) is 7.74. The minimum Gasteiger partial charge on any atom is -0.379 e. The van der Waals surface area contributed by atoms with Crippen molar-refractivity contribution in [3.63, 3.8) is 0 Å². The maximum absolute atomic E-state index is 11.1. The summed E-state index contributed by atoms with van der Waals surface area (Å²) in [7, 11) is 3.28. The van der Waals surface area contributed by atoms with Gasteiger partial charge < -0.3 is 10.1 Å². The van der Waals surface area contributed by atoms with Crippen LogP contribution in [0.15, 0.2) is 4.99 Å². The van der Waals surface area contributed by atoms with Crippen molar-refractivity contribution in [2.24, 2.45) is 4.99 Å². The summed E-state index contributed by atoms with van der Waals surface area (Å²) in [4.78, 5) is 19.0. The van der Waals surface area contributed by atoms with E-state index >= 15 is 0 Å². The first-order valence-corrected chi connectivity index (χ1v) is 5.48. The molecule has 1 N–H and O–H groups in total. The molecule has 0 aromatic rings. The summed E-state index contributed by atoms with van der Waals surface area (Å²) in [6.07, 6.45) is 1.55. The van der Waals surface area contributed by atoms with Gasteiger partial charge in [0.1, 0.15) is 0 Å². The highest BCUT2D eigenvalue weighted by atomic mass is 16.5. The Balaban J connectivity index is 2.13. The van der Waals surface area contributed by atoms with E-state index in [4.69, 9.17) is 4.74 Å². The molecule has 0 unspecified atom stereocenters. The van der Waals surface area contributed by atoms with Crippen molar-refractivity contribution in [2.45, 2.75) is 0 Å². The third-order valence-electron chi connectivity index (χ3n) is 2.44. The second-order valence-electron chi connectivity index (χ2n) is 3.64. The van der Waals surface area contributed by atoms with E-state index in [0.29, 0.717) is 6.54 Å². The van der Waals surface area contributed by atoms with Crippen LogP contribution in [0.1, 0.15) is 0 Å². The lowest BCUT2D eigenvalue weighted by molar-refractivity contribution is 0.0394. The van der Waals surface area contributed by atoms with E-state index in [2.05, 4.69) is 15.2 Å². The van der Waals surface area contributed by atoms with E-state index in [-0.39, 0.29) is 6.03 Å². The number of carbonyl (C=O) groups is 1. The van der Waals surface area contributed by atoms with Gasteiger partial charge in [0.15, 0.2) is 0 Å². The van der Waals surface area contributed by atoms with Gasteiger partial charge in [-0.25, -0.2) is 4.79 Å². The molecule has 0 aromatic heterocycles. The molecule has 16 heavy (non-hydrogen) atoms. The van der Waals surface area contributed by atoms with Gasteiger partial charge in [-0.2, -0.15) is 0 Å². The smallest absolute Gasteiger partial charge is 0.322 e. The Labute approximate surface area is 96.3 Å². The van der Waals surface area contributed by atoms with Crippen LogP contribution in [0.25, 0.3) is 0 Å². The Kier molecular flexibility index (Phi) is 5.81. The fourth-order valence-electron chi connectivity index (χ4n) is 1.43. The standard InChI is InChI=1S/C10H20N4O2/c1-11-10(15)13(2)9-12-3-4-14-5-7-16-8-6-14/h9H,3-8H2,1-2H3,(H,11,15). The van der Waals surface area contributed by atoms with Crippen LogP contribution in [0.3, 0.4) is 0 Å². The molecule has 0 aliphatic carbocycles. The van der Waals surface area contributed by atoms with E-state index in [1.165, 1.54) is 4.90 Å². The normalized spacial score (nSPS) is 17.6. The highest BCUT2D eigenvalue weighted by Gasteiger charge is 2.08. The van der Waals surface area contributed by atoms with Gasteiger partial charge in [-0.3, -0.25) is 14.8 Å². The molecule has 1 fully saturated rings. The van der Waals surface area contributed by atoms with Gasteiger partial charge in [0.2, 0.25) is 0 Å². The van der Waals surface area contributed by atoms with Crippen LogP contribution in [0.4, 0.5) is 4.79 Å². The first kappa shape index (κ1) is 12.9. The molecule has 0 spiro atoms. The Morgan fingerprint density at radius 3 is 2.88 bits per heavy atom. The largest absolute Gasteiger partial charge is 0.379 e. The maximum Gasteiger partial charge on any atom is 0.322 e. The Morgan fingerprint density at radius 1 is 1.56 bits per heavy atom. The zero-order chi connectivity index (χ0) is 11.8. The molecule has 2 amide bonds. The SMILES string of the molecule is CNC(=O)N(C)C=NCCN1CCOCC1. The number of hydrogen-bond donors (Lipinski definition) is 1. The van der Waals surface area contributed by atoms with E-state index < -0.39 is 0 Å². The molecule has 0 atom stereocenters. The van der Waals surface area contributed by atoms with Crippen LogP contribution in [-0.2, 0) is 4.74 Å². The number of nitrogens with one attached hydrogen (secondary N) is 1. The number of urea groups is 1. The van der Waals surface area contributed by atoms with E-state index in [1.807, 2.05) is 0 Å². The van der Waals surface area contributed by atoms with Gasteiger partial charge in [0, 0.05) is 33.7 Å². The first-order valence-electron chi connectivity index (χ1n) is 5.48. The van der Waals surface area contributed by atoms with Crippen LogP contribution in [0.2, 0.25) is 0 Å². The number of nitrogens with zero attached hydrogens (tertiary/aromatic N) is 3. The molecule has 0 aromatic carbocycles. The lowest BCUT2D eigenvalue weighted by Gasteiger charge is -2.25. The molecule has 6 heteroatoms. The Bertz CT molecular complexity index is 239. The average molecular weight is 228 g/mol. The number of morpholine rings is 1. The number of hydrogen-bond acceptors (Lipinski definition) is 4. The number of amides is 2. The zero-order valence-electron chi connectivity index (χ0n) is 9.98. The van der Waals surface area contributed by atoms with Crippen LogP contribution in [-0.4, -0.2) is 75.7 Å². The summed E-state index contributed by atoms with van der Waals surface area (Å²) in [6, 6.07) is -0.157. The molecular weight excluding hydrogens is 208 g/mol. The summed E-state index contributed by atoms with van der Waals surface area (Å²) in [5.74, 6) is 0. The number of aliphatic imine (C=N–C) groups is 1. The van der Waals surface area contributed by atoms with E-state index in [0.717, 1.165) is 32.8 Å². The van der Waals surface area contributed by atoms with Crippen molar-refractivity contribution < 1.29 is 9.53 Å². The van der Waals surface area contributed by atoms with Crippen LogP contribution < -0.4 is 5.32 Å². The molecule has 0 saturated carbocycles. The van der Waals surface area contributed by atoms with Gasteiger partial charge in [-0.05, 0) is 0 Å². The molecule has 0 bridgehead atoms. The molecule has 1 aliphatic heterocycles. The lowest BCUT2D eigenvalue weighted by atomic mass is 10.4. The maximum atomic E-state index is 11.1. The van der Waals surface area contributed by atoms with Crippen LogP contribution >= 0.6 is 0 Å². The number of carbonyl (C=O) groups excluding carboxylic acids is 1. The van der Waals surface area contributed by atoms with Gasteiger partial charge in [-0.1, -0.05) is 0 Å². The topological polar surface area (TPSA) is 57.2 Å². The van der Waals surface area contributed by atoms with Gasteiger partial charge in [0.25, 0.3) is 0 Å². The third kappa shape index (κ3) is 4.59.